The van der Waals surface area contributed by atoms with Crippen molar-refractivity contribution in [3.05, 3.63) is 29.2 Å². The molecule has 1 aromatic heterocycles. The fraction of sp³-hybridized carbons (Fsp3) is 0.684. The second-order valence-electron chi connectivity index (χ2n) is 7.70. The van der Waals surface area contributed by atoms with Crippen LogP contribution < -0.4 is 0 Å². The minimum atomic E-state index is 0.201. The number of allylic oxidation sites excluding steroid dienone is 2. The zero-order chi connectivity index (χ0) is 16.7. The smallest absolute Gasteiger partial charge is 0.227 e. The highest BCUT2D eigenvalue weighted by Crippen LogP contribution is 2.43. The van der Waals surface area contributed by atoms with E-state index < -0.39 is 0 Å². The fourth-order valence-corrected chi connectivity index (χ4v) is 4.63. The van der Waals surface area contributed by atoms with E-state index >= 15 is 0 Å². The number of piperazine rings is 1. The molecule has 0 spiro atoms. The van der Waals surface area contributed by atoms with Crippen molar-refractivity contribution in [2.75, 3.05) is 32.7 Å². The second kappa shape index (κ2) is 6.36. The summed E-state index contributed by atoms with van der Waals surface area (Å²) in [5, 5.41) is 3.94. The van der Waals surface area contributed by atoms with E-state index in [4.69, 9.17) is 4.52 Å². The predicted octanol–water partition coefficient (Wildman–Crippen LogP) is 2.19. The first-order valence-corrected chi connectivity index (χ1v) is 9.20. The summed E-state index contributed by atoms with van der Waals surface area (Å²) < 4.78 is 5.16. The van der Waals surface area contributed by atoms with Gasteiger partial charge in [0.1, 0.15) is 5.76 Å². The number of aromatic nitrogens is 1. The van der Waals surface area contributed by atoms with Gasteiger partial charge in [0.2, 0.25) is 5.91 Å². The molecule has 5 nitrogen and oxygen atoms in total. The molecule has 0 radical (unpaired) electrons. The van der Waals surface area contributed by atoms with Gasteiger partial charge in [0.15, 0.2) is 0 Å². The minimum Gasteiger partial charge on any atom is -0.361 e. The van der Waals surface area contributed by atoms with Crippen LogP contribution in [0.15, 0.2) is 16.7 Å². The Kier molecular flexibility index (Phi) is 4.21. The monoisotopic (exact) mass is 329 g/mol. The molecule has 1 saturated heterocycles. The third-order valence-corrected chi connectivity index (χ3v) is 6.14. The van der Waals surface area contributed by atoms with Gasteiger partial charge < -0.3 is 9.42 Å². The molecule has 3 atom stereocenters. The number of aryl methyl sites for hydroxylation is 2. The van der Waals surface area contributed by atoms with E-state index in [9.17, 15) is 4.79 Å². The van der Waals surface area contributed by atoms with E-state index in [0.717, 1.165) is 61.0 Å². The highest BCUT2D eigenvalue weighted by atomic mass is 16.5. The van der Waals surface area contributed by atoms with Crippen molar-refractivity contribution in [1.29, 1.82) is 0 Å². The Balaban J connectivity index is 1.27. The van der Waals surface area contributed by atoms with E-state index in [2.05, 4.69) is 22.2 Å². The van der Waals surface area contributed by atoms with Gasteiger partial charge in [0.05, 0.1) is 12.1 Å². The van der Waals surface area contributed by atoms with Crippen LogP contribution in [-0.4, -0.2) is 53.6 Å². The summed E-state index contributed by atoms with van der Waals surface area (Å²) in [5.41, 5.74) is 1.79. The number of rotatable bonds is 4. The lowest BCUT2D eigenvalue weighted by molar-refractivity contribution is -0.132. The van der Waals surface area contributed by atoms with Gasteiger partial charge >= 0.3 is 0 Å². The molecule has 24 heavy (non-hydrogen) atoms. The summed E-state index contributed by atoms with van der Waals surface area (Å²) in [4.78, 5) is 17.1. The number of hydrogen-bond acceptors (Lipinski definition) is 4. The molecular weight excluding hydrogens is 302 g/mol. The number of fused-ring (bicyclic) bond motifs is 2. The minimum absolute atomic E-state index is 0.201. The Hall–Kier alpha value is -1.62. The largest absolute Gasteiger partial charge is 0.361 e. The lowest BCUT2D eigenvalue weighted by Gasteiger charge is -2.37. The fourth-order valence-electron chi connectivity index (χ4n) is 4.63. The predicted molar refractivity (Wildman–Crippen MR) is 91.5 cm³/mol. The quantitative estimate of drug-likeness (QED) is 0.795. The van der Waals surface area contributed by atoms with Crippen LogP contribution in [0.1, 0.15) is 29.9 Å². The molecule has 3 unspecified atom stereocenters. The molecule has 3 aliphatic rings. The molecular formula is C19H27N3O2. The van der Waals surface area contributed by atoms with Gasteiger partial charge in [-0.25, -0.2) is 0 Å². The van der Waals surface area contributed by atoms with Gasteiger partial charge in [-0.15, -0.1) is 0 Å². The summed E-state index contributed by atoms with van der Waals surface area (Å²) in [7, 11) is 0. The molecule has 2 bridgehead atoms. The number of amides is 1. The number of hydrogen-bond donors (Lipinski definition) is 0. The van der Waals surface area contributed by atoms with Gasteiger partial charge in [-0.1, -0.05) is 17.3 Å². The number of nitrogens with zero attached hydrogens (tertiary/aromatic N) is 3. The maximum atomic E-state index is 12.6. The molecule has 0 aromatic carbocycles. The average Bonchev–Trinajstić information content (AvgIpc) is 3.27. The molecule has 4 rings (SSSR count). The van der Waals surface area contributed by atoms with Crippen molar-refractivity contribution in [2.24, 2.45) is 17.8 Å². The van der Waals surface area contributed by atoms with E-state index in [0.29, 0.717) is 6.42 Å². The zero-order valence-corrected chi connectivity index (χ0v) is 14.7. The summed E-state index contributed by atoms with van der Waals surface area (Å²) in [5.74, 6) is 3.47. The molecule has 130 valence electrons. The normalized spacial score (nSPS) is 29.6. The Bertz CT molecular complexity index is 624. The Morgan fingerprint density at radius 2 is 2.00 bits per heavy atom. The maximum absolute atomic E-state index is 12.6. The molecule has 1 amide bonds. The van der Waals surface area contributed by atoms with Gasteiger partial charge in [-0.2, -0.15) is 0 Å². The molecule has 2 heterocycles. The van der Waals surface area contributed by atoms with Crippen LogP contribution in [0.3, 0.4) is 0 Å². The van der Waals surface area contributed by atoms with Crippen LogP contribution in [0, 0.1) is 31.6 Å². The first-order valence-electron chi connectivity index (χ1n) is 9.20. The second-order valence-corrected chi connectivity index (χ2v) is 7.70. The highest BCUT2D eigenvalue weighted by molar-refractivity contribution is 5.79. The summed E-state index contributed by atoms with van der Waals surface area (Å²) in [6.07, 6.45) is 8.00. The molecule has 5 heteroatoms. The summed E-state index contributed by atoms with van der Waals surface area (Å²) >= 11 is 0. The van der Waals surface area contributed by atoms with Crippen LogP contribution in [-0.2, 0) is 11.2 Å². The van der Waals surface area contributed by atoms with Gasteiger partial charge in [-0.3, -0.25) is 9.69 Å². The van der Waals surface area contributed by atoms with E-state index in [-0.39, 0.29) is 5.91 Å². The van der Waals surface area contributed by atoms with E-state index in [1.807, 2.05) is 18.7 Å². The first-order chi connectivity index (χ1) is 11.6. The van der Waals surface area contributed by atoms with E-state index in [1.54, 1.807) is 0 Å². The highest BCUT2D eigenvalue weighted by Gasteiger charge is 2.36. The molecule has 1 aliphatic heterocycles. The lowest BCUT2D eigenvalue weighted by Crippen LogP contribution is -2.50. The van der Waals surface area contributed by atoms with E-state index in [1.165, 1.54) is 19.4 Å². The van der Waals surface area contributed by atoms with Crippen molar-refractivity contribution in [2.45, 2.75) is 33.1 Å². The molecule has 2 aliphatic carbocycles. The molecule has 1 saturated carbocycles. The Labute approximate surface area is 143 Å². The zero-order valence-electron chi connectivity index (χ0n) is 14.7. The number of carbonyl (C=O) groups excluding carboxylic acids is 1. The average molecular weight is 329 g/mol. The van der Waals surface area contributed by atoms with Crippen LogP contribution >= 0.6 is 0 Å². The molecule has 2 fully saturated rings. The van der Waals surface area contributed by atoms with Crippen LogP contribution in [0.4, 0.5) is 0 Å². The van der Waals surface area contributed by atoms with Gasteiger partial charge in [0, 0.05) is 38.3 Å². The SMILES string of the molecule is Cc1noc(C)c1CC(=O)N1CCN(CC2CC3C=CC2C3)CC1. The summed E-state index contributed by atoms with van der Waals surface area (Å²) in [6, 6.07) is 0. The third kappa shape index (κ3) is 3.02. The Morgan fingerprint density at radius 1 is 1.21 bits per heavy atom. The van der Waals surface area contributed by atoms with Gasteiger partial charge in [0.25, 0.3) is 0 Å². The summed E-state index contributed by atoms with van der Waals surface area (Å²) in [6.45, 7) is 8.69. The Morgan fingerprint density at radius 3 is 2.58 bits per heavy atom. The topological polar surface area (TPSA) is 49.6 Å². The van der Waals surface area contributed by atoms with Crippen LogP contribution in [0.5, 0.6) is 0 Å². The van der Waals surface area contributed by atoms with Crippen molar-refractivity contribution >= 4 is 5.91 Å². The van der Waals surface area contributed by atoms with Crippen molar-refractivity contribution in [1.82, 2.24) is 15.0 Å². The van der Waals surface area contributed by atoms with Crippen molar-refractivity contribution in [3.63, 3.8) is 0 Å². The van der Waals surface area contributed by atoms with Gasteiger partial charge in [-0.05, 0) is 44.4 Å². The standard InChI is InChI=1S/C19H27N3O2/c1-13-18(14(2)24-20-13)11-19(23)22-7-5-21(6-8-22)12-17-10-15-3-4-16(17)9-15/h3-4,15-17H,5-12H2,1-2H3. The van der Waals surface area contributed by atoms with Crippen molar-refractivity contribution in [3.8, 4) is 0 Å². The van der Waals surface area contributed by atoms with Crippen LogP contribution in [0.25, 0.3) is 0 Å². The van der Waals surface area contributed by atoms with Crippen molar-refractivity contribution < 1.29 is 9.32 Å². The lowest BCUT2D eigenvalue weighted by atomic mass is 9.93. The third-order valence-electron chi connectivity index (χ3n) is 6.14. The first kappa shape index (κ1) is 15.9. The molecule has 1 aromatic rings. The number of carbonyl (C=O) groups is 1. The van der Waals surface area contributed by atoms with Crippen LogP contribution in [0.2, 0.25) is 0 Å². The maximum Gasteiger partial charge on any atom is 0.227 e. The molecule has 0 N–H and O–H groups in total.